The van der Waals surface area contributed by atoms with E-state index in [1.165, 1.54) is 14.4 Å². The van der Waals surface area contributed by atoms with Crippen LogP contribution in [0.1, 0.15) is 140 Å². The zero-order valence-electron chi connectivity index (χ0n) is 48.9. The topological polar surface area (TPSA) is 232 Å². The highest BCUT2D eigenvalue weighted by molar-refractivity contribution is 6.31. The maximum absolute atomic E-state index is 13.9. The number of halogens is 3. The first kappa shape index (κ1) is 61.0. The van der Waals surface area contributed by atoms with E-state index in [0.29, 0.717) is 83.7 Å². The van der Waals surface area contributed by atoms with Crippen molar-refractivity contribution in [2.24, 2.45) is 5.41 Å². The van der Waals surface area contributed by atoms with Crippen LogP contribution in [0.5, 0.6) is 17.2 Å². The Morgan fingerprint density at radius 2 is 0.881 bits per heavy atom. The maximum atomic E-state index is 13.9. The highest BCUT2D eigenvalue weighted by atomic mass is 35.5. The van der Waals surface area contributed by atoms with Crippen LogP contribution >= 0.6 is 34.8 Å². The summed E-state index contributed by atoms with van der Waals surface area (Å²) in [5.41, 5.74) is 6.05. The van der Waals surface area contributed by atoms with Crippen LogP contribution in [0.3, 0.4) is 0 Å². The third-order valence-corrected chi connectivity index (χ3v) is 15.8. The Balaban J connectivity index is 0.923. The zero-order valence-corrected chi connectivity index (χ0v) is 51.2. The number of allylic oxidation sites excluding steroid dienone is 1. The third-order valence-electron chi connectivity index (χ3n) is 15.0. The summed E-state index contributed by atoms with van der Waals surface area (Å²) in [6.45, 7) is 18.8. The molecule has 1 atom stereocenters. The van der Waals surface area contributed by atoms with Crippen LogP contribution in [-0.2, 0) is 70.5 Å². The van der Waals surface area contributed by atoms with Gasteiger partial charge in [0.25, 0.3) is 0 Å². The van der Waals surface area contributed by atoms with Crippen molar-refractivity contribution >= 4 is 80.9 Å². The fraction of sp³-hybridized carbons (Fsp3) is 0.413. The van der Waals surface area contributed by atoms with Gasteiger partial charge in [-0.2, -0.15) is 5.10 Å². The normalized spacial score (nSPS) is 13.8. The molecule has 0 spiro atoms. The van der Waals surface area contributed by atoms with Gasteiger partial charge in [-0.25, -0.2) is 0 Å². The molecule has 9 rings (SSSR count). The van der Waals surface area contributed by atoms with Gasteiger partial charge in [-0.3, -0.25) is 14.4 Å². The number of hydrogen-bond acceptors (Lipinski definition) is 15. The molecule has 1 aliphatic carbocycles. The molecule has 442 valence electrons. The van der Waals surface area contributed by atoms with Gasteiger partial charge in [0, 0.05) is 52.4 Å². The van der Waals surface area contributed by atoms with E-state index in [1.807, 2.05) is 99.6 Å². The Morgan fingerprint density at radius 1 is 0.524 bits per heavy atom. The number of fused-ring (bicyclic) bond motifs is 3. The quantitative estimate of drug-likeness (QED) is 0.0388. The molecule has 8 aromatic rings. The van der Waals surface area contributed by atoms with Crippen molar-refractivity contribution in [3.8, 4) is 34.3 Å². The summed E-state index contributed by atoms with van der Waals surface area (Å²) in [5, 5.41) is 63.1. The average Bonchev–Trinajstić information content (AvgIpc) is 2.78. The maximum Gasteiger partial charge on any atom is 0.306 e. The molecule has 0 radical (unpaired) electrons. The number of alkyl halides is 1. The minimum absolute atomic E-state index is 0.00150. The van der Waals surface area contributed by atoms with Gasteiger partial charge in [-0.15, -0.1) is 51.5 Å². The van der Waals surface area contributed by atoms with Gasteiger partial charge in [0.15, 0.2) is 0 Å². The van der Waals surface area contributed by atoms with Crippen LogP contribution in [0, 0.1) is 5.41 Å². The standard InChI is InChI=1S/C63H70Cl3N9O9/c1-11-63(33-82-54(76)21-12-36-24-42(60(2,3)4)57(79)51(27-36)73-67-45-18-15-39(64)30-48(45)70-73,34-83-55(77)22-13-37-25-43(61(5,6)7)58(80)52(28-37)74-68-46-19-16-40(65)31-49(46)71-74)35-84-56(78)23-14-38-26-44(62(8,9)10)59(81)53(29-38)75-69-47-20-17-41(66)32-50(47)72-75/h15-20,24-31,41,79-81H,11-14,21-23,32-35H2,1-10H3. The first-order chi connectivity index (χ1) is 39.6. The predicted molar refractivity (Wildman–Crippen MR) is 323 cm³/mol. The van der Waals surface area contributed by atoms with Crippen LogP contribution in [0.2, 0.25) is 10.0 Å². The molecule has 0 bridgehead atoms. The van der Waals surface area contributed by atoms with E-state index >= 15 is 0 Å². The number of hydrogen-bond donors (Lipinski definition) is 3. The van der Waals surface area contributed by atoms with Crippen molar-refractivity contribution in [2.45, 2.75) is 142 Å². The summed E-state index contributed by atoms with van der Waals surface area (Å²) >= 11 is 18.9. The van der Waals surface area contributed by atoms with E-state index in [4.69, 9.17) is 49.0 Å². The van der Waals surface area contributed by atoms with Crippen LogP contribution in [-0.4, -0.2) is 103 Å². The number of aromatic nitrogens is 9. The fourth-order valence-corrected chi connectivity index (χ4v) is 10.4. The summed E-state index contributed by atoms with van der Waals surface area (Å²) in [6, 6.07) is 21.1. The molecule has 0 fully saturated rings. The number of carbonyl (C=O) groups excluding carboxylic acids is 3. The van der Waals surface area contributed by atoms with Crippen LogP contribution in [0.15, 0.2) is 78.9 Å². The van der Waals surface area contributed by atoms with E-state index in [1.54, 1.807) is 54.6 Å². The van der Waals surface area contributed by atoms with Gasteiger partial charge < -0.3 is 29.5 Å². The van der Waals surface area contributed by atoms with Crippen LogP contribution in [0.4, 0.5) is 0 Å². The number of phenols is 3. The van der Waals surface area contributed by atoms with Gasteiger partial charge in [0.05, 0.1) is 16.5 Å². The number of nitrogens with zero attached hydrogens (tertiary/aromatic N) is 9. The smallest absolute Gasteiger partial charge is 0.306 e. The predicted octanol–water partition coefficient (Wildman–Crippen LogP) is 12.5. The molecule has 0 saturated carbocycles. The number of phenolic OH excluding ortho intramolecular Hbond substituents is 3. The number of aromatic hydroxyl groups is 3. The number of carbonyl (C=O) groups is 3. The number of aryl methyl sites for hydroxylation is 3. The highest BCUT2D eigenvalue weighted by Gasteiger charge is 2.35. The van der Waals surface area contributed by atoms with Crippen LogP contribution in [0.25, 0.3) is 45.2 Å². The number of benzene rings is 5. The Hall–Kier alpha value is -7.54. The summed E-state index contributed by atoms with van der Waals surface area (Å²) < 4.78 is 18.0. The van der Waals surface area contributed by atoms with Crippen molar-refractivity contribution in [1.29, 1.82) is 0 Å². The minimum atomic E-state index is -1.17. The third kappa shape index (κ3) is 14.0. The van der Waals surface area contributed by atoms with E-state index < -0.39 is 39.6 Å². The van der Waals surface area contributed by atoms with Crippen LogP contribution < -0.4 is 0 Å². The molecular weight excluding hydrogens is 1130 g/mol. The molecule has 3 N–H and O–H groups in total. The molecule has 3 heterocycles. The molecule has 0 amide bonds. The van der Waals surface area contributed by atoms with E-state index in [-0.39, 0.29) is 87.4 Å². The summed E-state index contributed by atoms with van der Waals surface area (Å²) in [7, 11) is 0. The number of esters is 3. The number of rotatable bonds is 19. The molecule has 3 aromatic heterocycles. The van der Waals surface area contributed by atoms with Gasteiger partial charge >= 0.3 is 17.9 Å². The second kappa shape index (κ2) is 24.2. The minimum Gasteiger partial charge on any atom is -0.505 e. The molecule has 21 heteroatoms. The largest absolute Gasteiger partial charge is 0.505 e. The molecule has 0 saturated heterocycles. The van der Waals surface area contributed by atoms with Gasteiger partial charge in [-0.05, 0) is 119 Å². The lowest BCUT2D eigenvalue weighted by molar-refractivity contribution is -0.162. The molecule has 1 aliphatic rings. The number of ether oxygens (including phenoxy) is 3. The Bertz CT molecular complexity index is 3680. The van der Waals surface area contributed by atoms with Crippen molar-refractivity contribution < 1.29 is 43.9 Å². The molecule has 84 heavy (non-hydrogen) atoms. The zero-order chi connectivity index (χ0) is 60.6. The lowest BCUT2D eigenvalue weighted by Gasteiger charge is -2.31. The molecule has 18 nitrogen and oxygen atoms in total. The highest BCUT2D eigenvalue weighted by Crippen LogP contribution is 2.40. The Kier molecular flexibility index (Phi) is 17.6. The fourth-order valence-electron chi connectivity index (χ4n) is 9.89. The van der Waals surface area contributed by atoms with Gasteiger partial charge in [0.2, 0.25) is 0 Å². The molecule has 1 unspecified atom stereocenters. The van der Waals surface area contributed by atoms with Gasteiger partial charge in [-0.1, -0.05) is 117 Å². The van der Waals surface area contributed by atoms with Crippen molar-refractivity contribution in [1.82, 2.24) is 45.0 Å². The van der Waals surface area contributed by atoms with Crippen molar-refractivity contribution in [3.63, 3.8) is 0 Å². The lowest BCUT2D eigenvalue weighted by atomic mass is 9.84. The summed E-state index contributed by atoms with van der Waals surface area (Å²) in [6.07, 6.45) is 4.92. The SMILES string of the molecule is CCC(COC(=O)CCc1cc(-n2nc3c(n2)CC(Cl)C=C3)c(O)c(C(C)(C)C)c1)(COC(=O)CCc1cc(-n2nc3ccc(Cl)cc3n2)c(O)c(C(C)(C)C)c1)COC(=O)CCc1cc(-n2nc3ccc(Cl)cc3n2)c(O)c(C(C)(C)C)c1. The second-order valence-electron chi connectivity index (χ2n) is 24.8. The van der Waals surface area contributed by atoms with E-state index in [9.17, 15) is 29.7 Å². The molecule has 0 aliphatic heterocycles. The van der Waals surface area contributed by atoms with E-state index in [0.717, 1.165) is 16.7 Å². The Labute approximate surface area is 502 Å². The Morgan fingerprint density at radius 3 is 1.24 bits per heavy atom. The second-order valence-corrected chi connectivity index (χ2v) is 26.2. The average molecular weight is 1200 g/mol. The lowest BCUT2D eigenvalue weighted by Crippen LogP contribution is -2.39. The summed E-state index contributed by atoms with van der Waals surface area (Å²) in [4.78, 5) is 45.7. The van der Waals surface area contributed by atoms with Gasteiger partial charge in [0.1, 0.15) is 81.9 Å². The van der Waals surface area contributed by atoms with E-state index in [2.05, 4.69) is 30.6 Å². The van der Waals surface area contributed by atoms with Crippen molar-refractivity contribution in [3.05, 3.63) is 134 Å². The summed E-state index contributed by atoms with van der Waals surface area (Å²) in [5.74, 6) is -1.64. The first-order valence-corrected chi connectivity index (χ1v) is 29.2. The monoisotopic (exact) mass is 1200 g/mol. The van der Waals surface area contributed by atoms with Crippen molar-refractivity contribution in [2.75, 3.05) is 19.8 Å². The first-order valence-electron chi connectivity index (χ1n) is 28.0. The molecular formula is C63H70Cl3N9O9. The molecule has 5 aromatic carbocycles.